The van der Waals surface area contributed by atoms with Crippen LogP contribution in [-0.4, -0.2) is 34.8 Å². The maximum Gasteiger partial charge on any atom is 0.263 e. The highest BCUT2D eigenvalue weighted by Crippen LogP contribution is 2.49. The smallest absolute Gasteiger partial charge is 0.263 e. The molecule has 0 saturated heterocycles. The van der Waals surface area contributed by atoms with Gasteiger partial charge in [0.2, 0.25) is 0 Å². The number of carbonyl (C=O) groups is 1. The largest absolute Gasteiger partial charge is 0.506 e. The Kier molecular flexibility index (Phi) is 10.9. The maximum absolute atomic E-state index is 13.4. The van der Waals surface area contributed by atoms with Gasteiger partial charge >= 0.3 is 0 Å². The zero-order valence-electron chi connectivity index (χ0n) is 24.2. The predicted molar refractivity (Wildman–Crippen MR) is 168 cm³/mol. The molecule has 1 aliphatic carbocycles. The SMILES string of the molecule is O=C(CO/N=C1\C=C\CC/C=C/CCOOc2c(C3CC3)cc(O)c(Cl)c2C1)N(Cc1ccccc1)Cc1ccccc1. The highest BCUT2D eigenvalue weighted by molar-refractivity contribution is 6.33. The Morgan fingerprint density at radius 3 is 2.28 bits per heavy atom. The van der Waals surface area contributed by atoms with Gasteiger partial charge in [0.1, 0.15) is 5.75 Å². The molecule has 224 valence electrons. The molecule has 2 aliphatic rings. The lowest BCUT2D eigenvalue weighted by Gasteiger charge is -2.22. The van der Waals surface area contributed by atoms with Crippen molar-refractivity contribution < 1.29 is 24.5 Å². The molecule has 1 aliphatic heterocycles. The predicted octanol–water partition coefficient (Wildman–Crippen LogP) is 7.67. The minimum absolute atomic E-state index is 0.00754. The van der Waals surface area contributed by atoms with E-state index in [1.807, 2.05) is 72.8 Å². The number of allylic oxidation sites excluding steroid dienone is 3. The van der Waals surface area contributed by atoms with Crippen molar-refractivity contribution in [1.82, 2.24) is 4.90 Å². The van der Waals surface area contributed by atoms with E-state index in [4.69, 9.17) is 26.2 Å². The van der Waals surface area contributed by atoms with Gasteiger partial charge in [-0.15, -0.1) is 0 Å². The van der Waals surface area contributed by atoms with E-state index in [1.54, 1.807) is 11.0 Å². The molecule has 0 aromatic heterocycles. The Morgan fingerprint density at radius 1 is 0.953 bits per heavy atom. The van der Waals surface area contributed by atoms with E-state index in [2.05, 4.69) is 17.3 Å². The maximum atomic E-state index is 13.4. The first-order valence-corrected chi connectivity index (χ1v) is 15.2. The van der Waals surface area contributed by atoms with Crippen LogP contribution in [0.15, 0.2) is 96.2 Å². The number of amides is 1. The standard InChI is InChI=1S/C35H37ClN2O5/c36-34-31-21-29(17-11-3-1-2-4-12-20-42-43-35(31)30(22-32(34)39)28-18-19-28)37-41-25-33(40)38(23-26-13-7-5-8-14-26)24-27-15-9-6-10-16-27/h2,4-11,13-17,22,28,39H,1,3,12,18-21,23-25H2/b4-2+,17-11+,37-29+. The van der Waals surface area contributed by atoms with Gasteiger partial charge in [-0.3, -0.25) is 4.79 Å². The normalized spacial score (nSPS) is 18.1. The number of oxime groups is 1. The van der Waals surface area contributed by atoms with E-state index in [9.17, 15) is 9.90 Å². The second-order valence-electron chi connectivity index (χ2n) is 10.8. The van der Waals surface area contributed by atoms with Gasteiger partial charge in [-0.05, 0) is 61.3 Å². The summed E-state index contributed by atoms with van der Waals surface area (Å²) < 4.78 is 0. The molecule has 5 rings (SSSR count). The molecule has 0 bridgehead atoms. The number of aromatic hydroxyl groups is 1. The summed E-state index contributed by atoms with van der Waals surface area (Å²) in [5.74, 6) is 0.604. The Morgan fingerprint density at radius 2 is 1.60 bits per heavy atom. The number of benzene rings is 3. The summed E-state index contributed by atoms with van der Waals surface area (Å²) in [6, 6.07) is 21.4. The van der Waals surface area contributed by atoms with Gasteiger partial charge in [-0.1, -0.05) is 95.6 Å². The van der Waals surface area contributed by atoms with Crippen LogP contribution in [0.2, 0.25) is 5.02 Å². The van der Waals surface area contributed by atoms with Crippen molar-refractivity contribution >= 4 is 23.2 Å². The van der Waals surface area contributed by atoms with Gasteiger partial charge < -0.3 is 19.7 Å². The average Bonchev–Trinajstić information content (AvgIpc) is 3.87. The Balaban J connectivity index is 1.37. The monoisotopic (exact) mass is 600 g/mol. The molecule has 0 spiro atoms. The number of nitrogens with zero attached hydrogens (tertiary/aromatic N) is 2. The lowest BCUT2D eigenvalue weighted by Crippen LogP contribution is -2.32. The molecule has 3 aromatic carbocycles. The molecule has 1 amide bonds. The van der Waals surface area contributed by atoms with E-state index >= 15 is 0 Å². The van der Waals surface area contributed by atoms with Crippen LogP contribution in [0.1, 0.15) is 60.3 Å². The van der Waals surface area contributed by atoms with Crippen LogP contribution in [0.4, 0.5) is 0 Å². The van der Waals surface area contributed by atoms with Crippen LogP contribution in [0.5, 0.6) is 11.5 Å². The summed E-state index contributed by atoms with van der Waals surface area (Å²) in [5, 5.41) is 15.2. The zero-order valence-corrected chi connectivity index (χ0v) is 24.9. The molecule has 1 heterocycles. The van der Waals surface area contributed by atoms with Crippen LogP contribution in [0.3, 0.4) is 0 Å². The number of rotatable bonds is 8. The first-order chi connectivity index (χ1) is 21.1. The lowest BCUT2D eigenvalue weighted by atomic mass is 9.99. The fraction of sp³-hybridized carbons (Fsp3) is 0.314. The first kappa shape index (κ1) is 30.4. The minimum Gasteiger partial charge on any atom is -0.506 e. The van der Waals surface area contributed by atoms with E-state index in [0.29, 0.717) is 36.7 Å². The molecule has 1 saturated carbocycles. The summed E-state index contributed by atoms with van der Waals surface area (Å²) in [4.78, 5) is 32.2. The number of halogens is 1. The van der Waals surface area contributed by atoms with Gasteiger partial charge in [-0.2, -0.15) is 4.89 Å². The third-order valence-electron chi connectivity index (χ3n) is 7.34. The average molecular weight is 601 g/mol. The second-order valence-corrected chi connectivity index (χ2v) is 11.2. The summed E-state index contributed by atoms with van der Waals surface area (Å²) in [6.07, 6.45) is 12.7. The molecule has 0 radical (unpaired) electrons. The third kappa shape index (κ3) is 8.96. The molecule has 3 aromatic rings. The van der Waals surface area contributed by atoms with Gasteiger partial charge in [0.25, 0.3) is 5.91 Å². The molecule has 0 unspecified atom stereocenters. The molecular formula is C35H37ClN2O5. The molecule has 7 nitrogen and oxygen atoms in total. The fourth-order valence-corrected chi connectivity index (χ4v) is 5.13. The summed E-state index contributed by atoms with van der Waals surface area (Å²) in [7, 11) is 0. The molecule has 8 heteroatoms. The van der Waals surface area contributed by atoms with Crippen molar-refractivity contribution in [3.63, 3.8) is 0 Å². The molecule has 0 atom stereocenters. The number of phenols is 1. The van der Waals surface area contributed by atoms with E-state index in [-0.39, 0.29) is 35.6 Å². The Bertz CT molecular complexity index is 1410. The second kappa shape index (κ2) is 15.4. The quantitative estimate of drug-likeness (QED) is 0.163. The van der Waals surface area contributed by atoms with E-state index < -0.39 is 0 Å². The lowest BCUT2D eigenvalue weighted by molar-refractivity contribution is -0.206. The van der Waals surface area contributed by atoms with Crippen LogP contribution in [0, 0.1) is 0 Å². The van der Waals surface area contributed by atoms with Crippen LogP contribution < -0.4 is 4.89 Å². The molecule has 1 N–H and O–H groups in total. The van der Waals surface area contributed by atoms with E-state index in [1.165, 1.54) is 0 Å². The topological polar surface area (TPSA) is 80.6 Å². The highest BCUT2D eigenvalue weighted by Gasteiger charge is 2.31. The number of fused-ring (bicyclic) bond motifs is 1. The summed E-state index contributed by atoms with van der Waals surface area (Å²) in [6.45, 7) is 1.06. The van der Waals surface area contributed by atoms with Gasteiger partial charge in [0.15, 0.2) is 12.4 Å². The van der Waals surface area contributed by atoms with Gasteiger partial charge in [-0.25, -0.2) is 0 Å². The van der Waals surface area contributed by atoms with Gasteiger partial charge in [0.05, 0.1) is 17.3 Å². The minimum atomic E-state index is -0.229. The van der Waals surface area contributed by atoms with Crippen LogP contribution >= 0.6 is 11.6 Å². The van der Waals surface area contributed by atoms with Crippen molar-refractivity contribution in [2.24, 2.45) is 5.16 Å². The third-order valence-corrected chi connectivity index (χ3v) is 7.76. The van der Waals surface area contributed by atoms with Gasteiger partial charge in [0, 0.05) is 30.6 Å². The van der Waals surface area contributed by atoms with Crippen LogP contribution in [-0.2, 0) is 34.0 Å². The highest BCUT2D eigenvalue weighted by atomic mass is 35.5. The Labute approximate surface area is 257 Å². The number of hydrogen-bond donors (Lipinski definition) is 1. The van der Waals surface area contributed by atoms with Crippen molar-refractivity contribution in [3.05, 3.63) is 118 Å². The number of phenolic OH excluding ortho intramolecular Hbond substituents is 1. The summed E-state index contributed by atoms with van der Waals surface area (Å²) in [5.41, 5.74) is 4.05. The molecule has 1 fully saturated rings. The van der Waals surface area contributed by atoms with Crippen LogP contribution in [0.25, 0.3) is 0 Å². The Hall–Kier alpha value is -4.07. The van der Waals surface area contributed by atoms with E-state index in [0.717, 1.165) is 48.8 Å². The van der Waals surface area contributed by atoms with Crippen molar-refractivity contribution in [2.75, 3.05) is 13.2 Å². The van der Waals surface area contributed by atoms with Crippen molar-refractivity contribution in [1.29, 1.82) is 0 Å². The van der Waals surface area contributed by atoms with Crippen molar-refractivity contribution in [2.45, 2.75) is 57.5 Å². The number of hydrogen-bond acceptors (Lipinski definition) is 6. The fourth-order valence-electron chi connectivity index (χ4n) is 4.93. The summed E-state index contributed by atoms with van der Waals surface area (Å²) >= 11 is 6.63. The molecule has 43 heavy (non-hydrogen) atoms. The number of carbonyl (C=O) groups excluding carboxylic acids is 1. The first-order valence-electron chi connectivity index (χ1n) is 14.8. The zero-order chi connectivity index (χ0) is 29.9. The molecular weight excluding hydrogens is 564 g/mol. The van der Waals surface area contributed by atoms with Crippen molar-refractivity contribution in [3.8, 4) is 11.5 Å².